The second-order valence-corrected chi connectivity index (χ2v) is 9.63. The third-order valence-electron chi connectivity index (χ3n) is 5.30. The molecular formula is C24H25BrN4O4S. The number of fused-ring (bicyclic) bond motifs is 1. The molecule has 1 aromatic heterocycles. The highest BCUT2D eigenvalue weighted by Gasteiger charge is 2.35. The molecule has 10 heteroatoms. The van der Waals surface area contributed by atoms with E-state index in [1.165, 1.54) is 18.9 Å². The van der Waals surface area contributed by atoms with Gasteiger partial charge in [0, 0.05) is 10.2 Å². The van der Waals surface area contributed by atoms with Crippen molar-refractivity contribution < 1.29 is 19.0 Å². The van der Waals surface area contributed by atoms with Gasteiger partial charge in [0.25, 0.3) is 0 Å². The summed E-state index contributed by atoms with van der Waals surface area (Å²) >= 11 is 5.01. The zero-order valence-electron chi connectivity index (χ0n) is 19.3. The average Bonchev–Trinajstić information content (AvgIpc) is 3.23. The van der Waals surface area contributed by atoms with Crippen molar-refractivity contribution in [3.8, 4) is 11.5 Å². The zero-order valence-corrected chi connectivity index (χ0v) is 21.7. The Morgan fingerprint density at radius 2 is 2.03 bits per heavy atom. The van der Waals surface area contributed by atoms with E-state index < -0.39 is 12.0 Å². The van der Waals surface area contributed by atoms with Crippen LogP contribution in [-0.2, 0) is 16.1 Å². The molecule has 0 bridgehead atoms. The largest absolute Gasteiger partial charge is 0.493 e. The molecule has 0 spiro atoms. The van der Waals surface area contributed by atoms with Gasteiger partial charge >= 0.3 is 5.97 Å². The number of esters is 1. The molecule has 0 saturated heterocycles. The Kier molecular flexibility index (Phi) is 7.47. The first-order valence-corrected chi connectivity index (χ1v) is 12.4. The van der Waals surface area contributed by atoms with E-state index >= 15 is 0 Å². The summed E-state index contributed by atoms with van der Waals surface area (Å²) in [4.78, 5) is 17.3. The number of methoxy groups -OCH3 is 2. The minimum Gasteiger partial charge on any atom is -0.493 e. The molecule has 1 aliphatic rings. The summed E-state index contributed by atoms with van der Waals surface area (Å²) in [6.07, 6.45) is 0. The van der Waals surface area contributed by atoms with Crippen LogP contribution in [0.5, 0.6) is 11.5 Å². The first kappa shape index (κ1) is 24.2. The maximum atomic E-state index is 12.8. The highest BCUT2D eigenvalue weighted by Crippen LogP contribution is 2.40. The van der Waals surface area contributed by atoms with Crippen LogP contribution < -0.4 is 14.8 Å². The van der Waals surface area contributed by atoms with E-state index in [-0.39, 0.29) is 0 Å². The normalized spacial score (nSPS) is 14.9. The number of hydrogen-bond donors (Lipinski definition) is 1. The molecule has 0 radical (unpaired) electrons. The van der Waals surface area contributed by atoms with Crippen LogP contribution in [-0.4, -0.2) is 40.7 Å². The number of rotatable bonds is 8. The van der Waals surface area contributed by atoms with Crippen molar-refractivity contribution in [3.63, 3.8) is 0 Å². The minimum absolute atomic E-state index is 0.389. The lowest BCUT2D eigenvalue weighted by molar-refractivity contribution is -0.136. The van der Waals surface area contributed by atoms with Gasteiger partial charge in [-0.1, -0.05) is 52.8 Å². The van der Waals surface area contributed by atoms with Crippen molar-refractivity contribution in [2.24, 2.45) is 0 Å². The van der Waals surface area contributed by atoms with Crippen LogP contribution in [0.2, 0.25) is 0 Å². The molecule has 1 atom stereocenters. The van der Waals surface area contributed by atoms with Crippen molar-refractivity contribution in [2.75, 3.05) is 25.3 Å². The smallest absolute Gasteiger partial charge is 0.338 e. The van der Waals surface area contributed by atoms with Gasteiger partial charge in [-0.3, -0.25) is 0 Å². The topological polar surface area (TPSA) is 87.5 Å². The Balaban J connectivity index is 1.71. The molecule has 0 amide bonds. The Labute approximate surface area is 210 Å². The van der Waals surface area contributed by atoms with Crippen molar-refractivity contribution in [3.05, 3.63) is 69.3 Å². The van der Waals surface area contributed by atoms with Gasteiger partial charge < -0.3 is 19.5 Å². The van der Waals surface area contributed by atoms with E-state index in [1.807, 2.05) is 56.3 Å². The van der Waals surface area contributed by atoms with Gasteiger partial charge in [0.2, 0.25) is 11.1 Å². The predicted molar refractivity (Wildman–Crippen MR) is 134 cm³/mol. The van der Waals surface area contributed by atoms with Crippen LogP contribution in [0.15, 0.2) is 63.4 Å². The molecule has 0 aliphatic carbocycles. The summed E-state index contributed by atoms with van der Waals surface area (Å²) < 4.78 is 19.5. The molecule has 178 valence electrons. The number of halogens is 1. The van der Waals surface area contributed by atoms with Crippen LogP contribution in [0.1, 0.15) is 31.0 Å². The summed E-state index contributed by atoms with van der Waals surface area (Å²) in [6, 6.07) is 13.0. The van der Waals surface area contributed by atoms with E-state index in [9.17, 15) is 4.79 Å². The summed E-state index contributed by atoms with van der Waals surface area (Å²) in [5, 5.41) is 8.47. The summed E-state index contributed by atoms with van der Waals surface area (Å²) in [5.41, 5.74) is 2.95. The maximum Gasteiger partial charge on any atom is 0.338 e. The summed E-state index contributed by atoms with van der Waals surface area (Å²) in [5.74, 6) is 2.12. The van der Waals surface area contributed by atoms with Gasteiger partial charge in [0.1, 0.15) is 12.6 Å². The Hall–Kier alpha value is -2.98. The third kappa shape index (κ3) is 4.92. The number of nitrogens with one attached hydrogen (secondary N) is 1. The Morgan fingerprint density at radius 1 is 1.21 bits per heavy atom. The molecule has 3 aromatic rings. The van der Waals surface area contributed by atoms with E-state index in [0.717, 1.165) is 21.4 Å². The van der Waals surface area contributed by atoms with Crippen LogP contribution in [0.4, 0.5) is 5.95 Å². The number of anilines is 1. The van der Waals surface area contributed by atoms with Crippen LogP contribution in [0.25, 0.3) is 0 Å². The van der Waals surface area contributed by atoms with E-state index in [2.05, 4.69) is 31.3 Å². The molecule has 34 heavy (non-hydrogen) atoms. The fraction of sp³-hybridized carbons (Fsp3) is 0.292. The standard InChI is InChI=1S/C24H25BrN4O4S/c1-5-34-24-27-23-26-14(2)20(22(30)32-4)21(29(23)28-24)16-9-10-18(19(12-16)31-3)33-13-15-7-6-8-17(25)11-15/h6-12,21H,5,13H2,1-4H3,(H,26,27,28). The highest BCUT2D eigenvalue weighted by atomic mass is 79.9. The molecule has 0 fully saturated rings. The lowest BCUT2D eigenvalue weighted by atomic mass is 9.95. The first-order valence-electron chi connectivity index (χ1n) is 10.7. The number of nitrogens with zero attached hydrogens (tertiary/aromatic N) is 3. The second kappa shape index (κ2) is 10.5. The number of carbonyl (C=O) groups is 1. The number of allylic oxidation sites excluding steroid dienone is 1. The van der Waals surface area contributed by atoms with Crippen molar-refractivity contribution in [2.45, 2.75) is 31.7 Å². The van der Waals surface area contributed by atoms with Gasteiger partial charge in [0.05, 0.1) is 19.8 Å². The molecular weight excluding hydrogens is 520 g/mol. The Bertz CT molecular complexity index is 1240. The number of carbonyl (C=O) groups excluding carboxylic acids is 1. The van der Waals surface area contributed by atoms with E-state index in [1.54, 1.807) is 11.8 Å². The van der Waals surface area contributed by atoms with Crippen molar-refractivity contribution in [1.82, 2.24) is 14.8 Å². The molecule has 1 aliphatic heterocycles. The molecule has 1 unspecified atom stereocenters. The monoisotopic (exact) mass is 544 g/mol. The van der Waals surface area contributed by atoms with E-state index in [0.29, 0.717) is 40.5 Å². The molecule has 1 N–H and O–H groups in total. The number of hydrogen-bond acceptors (Lipinski definition) is 8. The lowest BCUT2D eigenvalue weighted by Crippen LogP contribution is -2.29. The summed E-state index contributed by atoms with van der Waals surface area (Å²) in [7, 11) is 2.96. The molecule has 2 aromatic carbocycles. The molecule has 4 rings (SSSR count). The third-order valence-corrected chi connectivity index (χ3v) is 6.51. The van der Waals surface area contributed by atoms with Crippen molar-refractivity contribution in [1.29, 1.82) is 0 Å². The number of aromatic nitrogens is 3. The van der Waals surface area contributed by atoms with Gasteiger partial charge in [0.15, 0.2) is 11.5 Å². The van der Waals surface area contributed by atoms with Gasteiger partial charge in [-0.15, -0.1) is 5.10 Å². The first-order chi connectivity index (χ1) is 16.4. The SMILES string of the molecule is CCSc1nc2n(n1)C(c1ccc(OCc3cccc(Br)c3)c(OC)c1)C(C(=O)OC)=C(C)N2. The van der Waals surface area contributed by atoms with Crippen LogP contribution >= 0.6 is 27.7 Å². The highest BCUT2D eigenvalue weighted by molar-refractivity contribution is 9.10. The summed E-state index contributed by atoms with van der Waals surface area (Å²) in [6.45, 7) is 4.26. The van der Waals surface area contributed by atoms with Crippen molar-refractivity contribution >= 4 is 39.6 Å². The fourth-order valence-electron chi connectivity index (χ4n) is 3.77. The molecule has 8 nitrogen and oxygen atoms in total. The van der Waals surface area contributed by atoms with Crippen LogP contribution in [0.3, 0.4) is 0 Å². The minimum atomic E-state index is -0.532. The average molecular weight is 545 g/mol. The number of thioether (sulfide) groups is 1. The van der Waals surface area contributed by atoms with Crippen LogP contribution in [0, 0.1) is 0 Å². The lowest BCUT2D eigenvalue weighted by Gasteiger charge is -2.28. The van der Waals surface area contributed by atoms with Gasteiger partial charge in [-0.2, -0.15) is 4.98 Å². The fourth-order valence-corrected chi connectivity index (χ4v) is 4.77. The predicted octanol–water partition coefficient (Wildman–Crippen LogP) is 5.20. The van der Waals surface area contributed by atoms with Gasteiger partial charge in [-0.25, -0.2) is 9.48 Å². The maximum absolute atomic E-state index is 12.8. The molecule has 0 saturated carbocycles. The Morgan fingerprint density at radius 3 is 2.74 bits per heavy atom. The zero-order chi connectivity index (χ0) is 24.2. The van der Waals surface area contributed by atoms with Gasteiger partial charge in [-0.05, 0) is 48.1 Å². The second-order valence-electron chi connectivity index (χ2n) is 7.48. The quantitative estimate of drug-likeness (QED) is 0.305. The molecule has 2 heterocycles. The number of benzene rings is 2. The number of ether oxygens (including phenoxy) is 3. The van der Waals surface area contributed by atoms with E-state index in [4.69, 9.17) is 14.2 Å².